The van der Waals surface area contributed by atoms with Crippen molar-refractivity contribution in [3.05, 3.63) is 53.1 Å². The van der Waals surface area contributed by atoms with Crippen LogP contribution in [0.25, 0.3) is 0 Å². The zero-order valence-electron chi connectivity index (χ0n) is 11.4. The van der Waals surface area contributed by atoms with Crippen molar-refractivity contribution in [1.82, 2.24) is 0 Å². The first-order valence-electron chi connectivity index (χ1n) is 6.03. The SMILES string of the molecule is COC(=O)c1cc(Oc2ccc(F)c(F)c2)cc(C)c1N. The Morgan fingerprint density at radius 2 is 1.81 bits per heavy atom. The Balaban J connectivity index is 2.38. The van der Waals surface area contributed by atoms with Crippen molar-refractivity contribution in [3.8, 4) is 11.5 Å². The summed E-state index contributed by atoms with van der Waals surface area (Å²) in [5.74, 6) is -2.22. The van der Waals surface area contributed by atoms with Crippen LogP contribution in [0.5, 0.6) is 11.5 Å². The molecule has 2 N–H and O–H groups in total. The molecule has 0 aliphatic heterocycles. The molecule has 0 atom stereocenters. The first-order valence-corrected chi connectivity index (χ1v) is 6.03. The minimum atomic E-state index is -1.02. The number of hydrogen-bond acceptors (Lipinski definition) is 4. The predicted octanol–water partition coefficient (Wildman–Crippen LogP) is 3.43. The number of nitrogen functional groups attached to an aromatic ring is 1. The average Bonchev–Trinajstić information content (AvgIpc) is 2.45. The maximum Gasteiger partial charge on any atom is 0.340 e. The summed E-state index contributed by atoms with van der Waals surface area (Å²) in [6, 6.07) is 6.12. The standard InChI is InChI=1S/C15H13F2NO3/c1-8-5-10(6-11(14(8)18)15(19)20-2)21-9-3-4-12(16)13(17)7-9/h3-7H,18H2,1-2H3. The highest BCUT2D eigenvalue weighted by atomic mass is 19.2. The number of halogens is 2. The van der Waals surface area contributed by atoms with Gasteiger partial charge >= 0.3 is 5.97 Å². The summed E-state index contributed by atoms with van der Waals surface area (Å²) in [7, 11) is 1.24. The monoisotopic (exact) mass is 293 g/mol. The van der Waals surface area contributed by atoms with Crippen LogP contribution >= 0.6 is 0 Å². The largest absolute Gasteiger partial charge is 0.465 e. The number of carbonyl (C=O) groups is 1. The van der Waals surface area contributed by atoms with Gasteiger partial charge in [-0.15, -0.1) is 0 Å². The van der Waals surface area contributed by atoms with Crippen molar-refractivity contribution in [2.24, 2.45) is 0 Å². The molecule has 0 amide bonds. The summed E-state index contributed by atoms with van der Waals surface area (Å²) in [6.45, 7) is 1.69. The van der Waals surface area contributed by atoms with Crippen molar-refractivity contribution in [3.63, 3.8) is 0 Å². The number of aryl methyl sites for hydroxylation is 1. The Labute approximate surface area is 120 Å². The third-order valence-electron chi connectivity index (χ3n) is 2.89. The number of carbonyl (C=O) groups excluding carboxylic acids is 1. The van der Waals surface area contributed by atoms with Gasteiger partial charge in [0.1, 0.15) is 11.5 Å². The zero-order valence-corrected chi connectivity index (χ0v) is 11.4. The highest BCUT2D eigenvalue weighted by Crippen LogP contribution is 2.29. The summed E-state index contributed by atoms with van der Waals surface area (Å²) in [6.07, 6.45) is 0. The number of anilines is 1. The Bertz CT molecular complexity index is 702. The molecule has 0 radical (unpaired) electrons. The molecule has 4 nitrogen and oxygen atoms in total. The fourth-order valence-electron chi connectivity index (χ4n) is 1.78. The Morgan fingerprint density at radius 1 is 1.10 bits per heavy atom. The van der Waals surface area contributed by atoms with Gasteiger partial charge < -0.3 is 15.2 Å². The van der Waals surface area contributed by atoms with E-state index in [2.05, 4.69) is 4.74 Å². The molecule has 6 heteroatoms. The van der Waals surface area contributed by atoms with Crippen LogP contribution in [-0.2, 0) is 4.74 Å². The molecule has 2 aromatic rings. The molecule has 0 unspecified atom stereocenters. The second kappa shape index (κ2) is 5.78. The first-order chi connectivity index (χ1) is 9.92. The van der Waals surface area contributed by atoms with Gasteiger partial charge in [0.15, 0.2) is 11.6 Å². The molecule has 2 aromatic carbocycles. The molecule has 0 saturated heterocycles. The molecular weight excluding hydrogens is 280 g/mol. The molecule has 0 fully saturated rings. The van der Waals surface area contributed by atoms with Gasteiger partial charge in [0.05, 0.1) is 12.7 Å². The van der Waals surface area contributed by atoms with E-state index < -0.39 is 17.6 Å². The zero-order chi connectivity index (χ0) is 15.6. The van der Waals surface area contributed by atoms with Gasteiger partial charge in [-0.2, -0.15) is 0 Å². The lowest BCUT2D eigenvalue weighted by atomic mass is 10.1. The van der Waals surface area contributed by atoms with Crippen molar-refractivity contribution in [2.45, 2.75) is 6.92 Å². The third kappa shape index (κ3) is 3.10. The average molecular weight is 293 g/mol. The molecule has 0 aliphatic carbocycles. The van der Waals surface area contributed by atoms with Gasteiger partial charge in [0, 0.05) is 11.8 Å². The molecule has 0 spiro atoms. The summed E-state index contributed by atoms with van der Waals surface area (Å²) in [4.78, 5) is 11.6. The fraction of sp³-hybridized carbons (Fsp3) is 0.133. The van der Waals surface area contributed by atoms with Crippen molar-refractivity contribution in [2.75, 3.05) is 12.8 Å². The number of hydrogen-bond donors (Lipinski definition) is 1. The third-order valence-corrected chi connectivity index (χ3v) is 2.89. The molecule has 0 bridgehead atoms. The maximum atomic E-state index is 13.1. The lowest BCUT2D eigenvalue weighted by Gasteiger charge is -2.11. The molecule has 0 aliphatic rings. The van der Waals surface area contributed by atoms with Crippen LogP contribution in [0, 0.1) is 18.6 Å². The summed E-state index contributed by atoms with van der Waals surface area (Å²) in [5.41, 5.74) is 6.83. The van der Waals surface area contributed by atoms with Gasteiger partial charge in [-0.05, 0) is 36.8 Å². The van der Waals surface area contributed by atoms with Gasteiger partial charge in [-0.25, -0.2) is 13.6 Å². The van der Waals surface area contributed by atoms with E-state index in [4.69, 9.17) is 10.5 Å². The predicted molar refractivity (Wildman–Crippen MR) is 73.4 cm³/mol. The molecular formula is C15H13F2NO3. The lowest BCUT2D eigenvalue weighted by Crippen LogP contribution is -2.07. The van der Waals surface area contributed by atoms with Crippen LogP contribution in [0.1, 0.15) is 15.9 Å². The van der Waals surface area contributed by atoms with Crippen molar-refractivity contribution >= 4 is 11.7 Å². The number of benzene rings is 2. The van der Waals surface area contributed by atoms with Gasteiger partial charge in [-0.3, -0.25) is 0 Å². The smallest absolute Gasteiger partial charge is 0.340 e. The fourth-order valence-corrected chi connectivity index (χ4v) is 1.78. The summed E-state index contributed by atoms with van der Waals surface area (Å²) < 4.78 is 36.0. The van der Waals surface area contributed by atoms with Crippen LogP contribution < -0.4 is 10.5 Å². The van der Waals surface area contributed by atoms with E-state index in [1.165, 1.54) is 19.2 Å². The van der Waals surface area contributed by atoms with Crippen molar-refractivity contribution < 1.29 is 23.0 Å². The quantitative estimate of drug-likeness (QED) is 0.695. The molecule has 21 heavy (non-hydrogen) atoms. The second-order valence-corrected chi connectivity index (χ2v) is 4.37. The van der Waals surface area contributed by atoms with Gasteiger partial charge in [-0.1, -0.05) is 0 Å². The molecule has 0 heterocycles. The Hall–Kier alpha value is -2.63. The number of esters is 1. The molecule has 110 valence electrons. The van der Waals surface area contributed by atoms with E-state index in [1.54, 1.807) is 13.0 Å². The van der Waals surface area contributed by atoms with E-state index >= 15 is 0 Å². The minimum Gasteiger partial charge on any atom is -0.465 e. The van der Waals surface area contributed by atoms with Crippen LogP contribution in [-0.4, -0.2) is 13.1 Å². The number of rotatable bonds is 3. The lowest BCUT2D eigenvalue weighted by molar-refractivity contribution is 0.0601. The topological polar surface area (TPSA) is 61.5 Å². The number of nitrogens with two attached hydrogens (primary N) is 1. The van der Waals surface area contributed by atoms with E-state index in [-0.39, 0.29) is 22.7 Å². The Morgan fingerprint density at radius 3 is 2.43 bits per heavy atom. The first kappa shape index (κ1) is 14.8. The van der Waals surface area contributed by atoms with Gasteiger partial charge in [0.25, 0.3) is 0 Å². The normalized spacial score (nSPS) is 10.3. The van der Waals surface area contributed by atoms with Crippen molar-refractivity contribution in [1.29, 1.82) is 0 Å². The van der Waals surface area contributed by atoms with Gasteiger partial charge in [0.2, 0.25) is 0 Å². The van der Waals surface area contributed by atoms with E-state index in [0.717, 1.165) is 12.1 Å². The molecule has 2 rings (SSSR count). The molecule has 0 aromatic heterocycles. The maximum absolute atomic E-state index is 13.1. The Kier molecular flexibility index (Phi) is 4.07. The summed E-state index contributed by atoms with van der Waals surface area (Å²) >= 11 is 0. The van der Waals surface area contributed by atoms with Crippen LogP contribution in [0.3, 0.4) is 0 Å². The highest BCUT2D eigenvalue weighted by Gasteiger charge is 2.14. The highest BCUT2D eigenvalue weighted by molar-refractivity contribution is 5.96. The minimum absolute atomic E-state index is 0.105. The molecule has 0 saturated carbocycles. The van der Waals surface area contributed by atoms with Crippen LogP contribution in [0.15, 0.2) is 30.3 Å². The van der Waals surface area contributed by atoms with E-state index in [0.29, 0.717) is 5.56 Å². The number of ether oxygens (including phenoxy) is 2. The van der Waals surface area contributed by atoms with Crippen LogP contribution in [0.2, 0.25) is 0 Å². The van der Waals surface area contributed by atoms with E-state index in [1.807, 2.05) is 0 Å². The van der Waals surface area contributed by atoms with Crippen LogP contribution in [0.4, 0.5) is 14.5 Å². The van der Waals surface area contributed by atoms with E-state index in [9.17, 15) is 13.6 Å². The number of methoxy groups -OCH3 is 1. The summed E-state index contributed by atoms with van der Waals surface area (Å²) in [5, 5.41) is 0. The second-order valence-electron chi connectivity index (χ2n) is 4.37.